The molecule has 0 bridgehead atoms. The summed E-state index contributed by atoms with van der Waals surface area (Å²) in [5.41, 5.74) is 0.822. The van der Waals surface area contributed by atoms with E-state index in [1.165, 1.54) is 12.5 Å². The molecule has 1 saturated heterocycles. The van der Waals surface area contributed by atoms with E-state index in [4.69, 9.17) is 11.6 Å². The molecule has 1 heterocycles. The average Bonchev–Trinajstić information content (AvgIpc) is 2.34. The fourth-order valence-corrected chi connectivity index (χ4v) is 2.51. The Kier molecular flexibility index (Phi) is 4.24. The zero-order chi connectivity index (χ0) is 12.3. The predicted octanol–water partition coefficient (Wildman–Crippen LogP) is 3.01. The van der Waals surface area contributed by atoms with Gasteiger partial charge in [0.2, 0.25) is 0 Å². The molecule has 1 fully saturated rings. The standard InChI is InChI=1S/C13H18ClFN2/c1-2-6-16-7-9-17(10-8-16)12-5-3-4-11(15)13(12)14/h3-5H,2,6-10H2,1H3. The van der Waals surface area contributed by atoms with E-state index in [2.05, 4.69) is 16.7 Å². The molecule has 2 nitrogen and oxygen atoms in total. The third kappa shape index (κ3) is 2.90. The van der Waals surface area contributed by atoms with Crippen LogP contribution in [0.5, 0.6) is 0 Å². The first kappa shape index (κ1) is 12.7. The van der Waals surface area contributed by atoms with Crippen LogP contribution in [-0.4, -0.2) is 37.6 Å². The van der Waals surface area contributed by atoms with E-state index in [1.54, 1.807) is 6.07 Å². The van der Waals surface area contributed by atoms with E-state index in [1.807, 2.05) is 6.07 Å². The van der Waals surface area contributed by atoms with Crippen molar-refractivity contribution < 1.29 is 4.39 Å². The molecule has 4 heteroatoms. The summed E-state index contributed by atoms with van der Waals surface area (Å²) in [7, 11) is 0. The van der Waals surface area contributed by atoms with Crippen molar-refractivity contribution in [3.63, 3.8) is 0 Å². The summed E-state index contributed by atoms with van der Waals surface area (Å²) < 4.78 is 13.4. The smallest absolute Gasteiger partial charge is 0.143 e. The van der Waals surface area contributed by atoms with Crippen LogP contribution in [0.2, 0.25) is 5.02 Å². The molecule has 1 aromatic carbocycles. The van der Waals surface area contributed by atoms with Crippen LogP contribution in [0.1, 0.15) is 13.3 Å². The molecule has 0 N–H and O–H groups in total. The van der Waals surface area contributed by atoms with Gasteiger partial charge in [-0.1, -0.05) is 24.6 Å². The van der Waals surface area contributed by atoms with Gasteiger partial charge >= 0.3 is 0 Å². The summed E-state index contributed by atoms with van der Waals surface area (Å²) in [6.07, 6.45) is 1.18. The molecular weight excluding hydrogens is 239 g/mol. The predicted molar refractivity (Wildman–Crippen MR) is 70.4 cm³/mol. The maximum absolute atomic E-state index is 13.4. The Hall–Kier alpha value is -0.800. The van der Waals surface area contributed by atoms with E-state index < -0.39 is 0 Å². The second-order valence-electron chi connectivity index (χ2n) is 4.40. The van der Waals surface area contributed by atoms with Gasteiger partial charge in [0.1, 0.15) is 5.82 Å². The molecule has 17 heavy (non-hydrogen) atoms. The minimum Gasteiger partial charge on any atom is -0.368 e. The first-order valence-electron chi connectivity index (χ1n) is 6.13. The maximum Gasteiger partial charge on any atom is 0.143 e. The molecule has 0 amide bonds. The van der Waals surface area contributed by atoms with Gasteiger partial charge in [0.05, 0.1) is 10.7 Å². The SMILES string of the molecule is CCCN1CCN(c2cccc(F)c2Cl)CC1. The van der Waals surface area contributed by atoms with E-state index in [0.717, 1.165) is 38.4 Å². The lowest BCUT2D eigenvalue weighted by atomic mass is 10.2. The van der Waals surface area contributed by atoms with Crippen LogP contribution in [0.15, 0.2) is 18.2 Å². The molecule has 2 rings (SSSR count). The van der Waals surface area contributed by atoms with Gasteiger partial charge in [0.25, 0.3) is 0 Å². The molecule has 0 radical (unpaired) electrons. The second kappa shape index (κ2) is 5.69. The van der Waals surface area contributed by atoms with Crippen LogP contribution in [0.4, 0.5) is 10.1 Å². The maximum atomic E-state index is 13.4. The molecule has 1 aliphatic rings. The normalized spacial score (nSPS) is 17.5. The first-order chi connectivity index (χ1) is 8.22. The highest BCUT2D eigenvalue weighted by Crippen LogP contribution is 2.28. The quantitative estimate of drug-likeness (QED) is 0.820. The van der Waals surface area contributed by atoms with Crippen LogP contribution in [0, 0.1) is 5.82 Å². The Labute approximate surface area is 107 Å². The van der Waals surface area contributed by atoms with Gasteiger partial charge in [0, 0.05) is 26.2 Å². The van der Waals surface area contributed by atoms with Gasteiger partial charge in [-0.3, -0.25) is 4.90 Å². The molecule has 0 aromatic heterocycles. The number of hydrogen-bond acceptors (Lipinski definition) is 2. The van der Waals surface area contributed by atoms with Gasteiger partial charge in [-0.25, -0.2) is 4.39 Å². The highest BCUT2D eigenvalue weighted by atomic mass is 35.5. The van der Waals surface area contributed by atoms with E-state index in [-0.39, 0.29) is 10.8 Å². The van der Waals surface area contributed by atoms with Crippen molar-refractivity contribution in [2.24, 2.45) is 0 Å². The molecule has 94 valence electrons. The van der Waals surface area contributed by atoms with Crippen LogP contribution in [0.25, 0.3) is 0 Å². The third-order valence-electron chi connectivity index (χ3n) is 3.18. The van der Waals surface area contributed by atoms with Crippen LogP contribution >= 0.6 is 11.6 Å². The molecule has 0 atom stereocenters. The Morgan fingerprint density at radius 1 is 1.24 bits per heavy atom. The largest absolute Gasteiger partial charge is 0.368 e. The van der Waals surface area contributed by atoms with Crippen molar-refractivity contribution in [2.45, 2.75) is 13.3 Å². The van der Waals surface area contributed by atoms with Gasteiger partial charge in [-0.05, 0) is 25.1 Å². The van der Waals surface area contributed by atoms with Crippen LogP contribution in [0.3, 0.4) is 0 Å². The summed E-state index contributed by atoms with van der Waals surface area (Å²) in [5.74, 6) is -0.333. The highest BCUT2D eigenvalue weighted by Gasteiger charge is 2.19. The number of benzene rings is 1. The minimum atomic E-state index is -0.333. The minimum absolute atomic E-state index is 0.247. The Morgan fingerprint density at radius 3 is 2.59 bits per heavy atom. The average molecular weight is 257 g/mol. The van der Waals surface area contributed by atoms with Crippen molar-refractivity contribution in [1.82, 2.24) is 4.90 Å². The molecule has 0 saturated carbocycles. The highest BCUT2D eigenvalue weighted by molar-refractivity contribution is 6.33. The molecule has 1 aromatic rings. The third-order valence-corrected chi connectivity index (χ3v) is 3.56. The Balaban J connectivity index is 2.03. The number of rotatable bonds is 3. The van der Waals surface area contributed by atoms with Crippen molar-refractivity contribution in [3.05, 3.63) is 29.0 Å². The van der Waals surface area contributed by atoms with E-state index in [9.17, 15) is 4.39 Å². The summed E-state index contributed by atoms with van der Waals surface area (Å²) >= 11 is 5.99. The first-order valence-corrected chi connectivity index (χ1v) is 6.51. The van der Waals surface area contributed by atoms with Gasteiger partial charge in [0.15, 0.2) is 0 Å². The van der Waals surface area contributed by atoms with Gasteiger partial charge in [-0.15, -0.1) is 0 Å². The second-order valence-corrected chi connectivity index (χ2v) is 4.78. The van der Waals surface area contributed by atoms with Crippen molar-refractivity contribution in [1.29, 1.82) is 0 Å². The monoisotopic (exact) mass is 256 g/mol. The number of halogens is 2. The lowest BCUT2D eigenvalue weighted by molar-refractivity contribution is 0.258. The number of anilines is 1. The van der Waals surface area contributed by atoms with Crippen LogP contribution in [-0.2, 0) is 0 Å². The Bertz CT molecular complexity index is 376. The number of piperazine rings is 1. The summed E-state index contributed by atoms with van der Waals surface area (Å²) in [6, 6.07) is 5.01. The molecule has 0 spiro atoms. The zero-order valence-electron chi connectivity index (χ0n) is 10.1. The topological polar surface area (TPSA) is 6.48 Å². The fraction of sp³-hybridized carbons (Fsp3) is 0.538. The molecule has 1 aliphatic heterocycles. The lowest BCUT2D eigenvalue weighted by Crippen LogP contribution is -2.46. The lowest BCUT2D eigenvalue weighted by Gasteiger charge is -2.36. The van der Waals surface area contributed by atoms with E-state index >= 15 is 0 Å². The van der Waals surface area contributed by atoms with Crippen molar-refractivity contribution >= 4 is 17.3 Å². The summed E-state index contributed by atoms with van der Waals surface area (Å²) in [5, 5.41) is 0.247. The van der Waals surface area contributed by atoms with Gasteiger partial charge in [-0.2, -0.15) is 0 Å². The van der Waals surface area contributed by atoms with E-state index in [0.29, 0.717) is 0 Å². The number of hydrogen-bond donors (Lipinski definition) is 0. The zero-order valence-corrected chi connectivity index (χ0v) is 10.9. The molecular formula is C13H18ClFN2. The molecule has 0 unspecified atom stereocenters. The van der Waals surface area contributed by atoms with Crippen molar-refractivity contribution in [3.8, 4) is 0 Å². The van der Waals surface area contributed by atoms with Crippen LogP contribution < -0.4 is 4.90 Å². The van der Waals surface area contributed by atoms with Crippen molar-refractivity contribution in [2.75, 3.05) is 37.6 Å². The summed E-state index contributed by atoms with van der Waals surface area (Å²) in [6.45, 7) is 7.23. The number of nitrogens with zero attached hydrogens (tertiary/aromatic N) is 2. The Morgan fingerprint density at radius 2 is 1.94 bits per heavy atom. The van der Waals surface area contributed by atoms with Gasteiger partial charge < -0.3 is 4.90 Å². The summed E-state index contributed by atoms with van der Waals surface area (Å²) in [4.78, 5) is 4.60. The molecule has 0 aliphatic carbocycles. The fourth-order valence-electron chi connectivity index (χ4n) is 2.27.